The van der Waals surface area contributed by atoms with Gasteiger partial charge in [-0.2, -0.15) is 0 Å². The summed E-state index contributed by atoms with van der Waals surface area (Å²) in [6.45, 7) is 0.400. The number of nitrogens with zero attached hydrogens (tertiary/aromatic N) is 1. The molecule has 6 heteroatoms. The lowest BCUT2D eigenvalue weighted by molar-refractivity contribution is -0.143. The molecule has 1 aromatic heterocycles. The molecule has 22 heavy (non-hydrogen) atoms. The Kier molecular flexibility index (Phi) is 4.57. The second kappa shape index (κ2) is 6.60. The molecule has 3 rings (SSSR count). The predicted molar refractivity (Wildman–Crippen MR) is 83.2 cm³/mol. The monoisotopic (exact) mass is 320 g/mol. The van der Waals surface area contributed by atoms with Gasteiger partial charge >= 0.3 is 0 Å². The second-order valence-corrected chi connectivity index (χ2v) is 6.97. The number of hydrogen-bond donors (Lipinski definition) is 1. The molecule has 2 fully saturated rings. The third kappa shape index (κ3) is 3.06. The second-order valence-electron chi connectivity index (χ2n) is 5.94. The van der Waals surface area contributed by atoms with Crippen LogP contribution in [0, 0.1) is 11.8 Å². The summed E-state index contributed by atoms with van der Waals surface area (Å²) in [5, 5.41) is 4.79. The van der Waals surface area contributed by atoms with Gasteiger partial charge in [0, 0.05) is 11.4 Å². The number of imide groups is 1. The van der Waals surface area contributed by atoms with Gasteiger partial charge in [-0.05, 0) is 30.7 Å². The number of hydrogen-bond acceptors (Lipinski definition) is 4. The molecular formula is C16H20N2O3S. The van der Waals surface area contributed by atoms with E-state index in [1.54, 1.807) is 11.3 Å². The van der Waals surface area contributed by atoms with E-state index in [9.17, 15) is 14.4 Å². The molecule has 1 N–H and O–H groups in total. The predicted octanol–water partition coefficient (Wildman–Crippen LogP) is 1.58. The Morgan fingerprint density at radius 1 is 1.23 bits per heavy atom. The number of amides is 3. The molecule has 0 unspecified atom stereocenters. The fourth-order valence-corrected chi connectivity index (χ4v) is 4.08. The van der Waals surface area contributed by atoms with Crippen molar-refractivity contribution in [3.05, 3.63) is 22.4 Å². The van der Waals surface area contributed by atoms with Gasteiger partial charge in [0.25, 0.3) is 0 Å². The zero-order valence-corrected chi connectivity index (χ0v) is 13.2. The maximum Gasteiger partial charge on any atom is 0.240 e. The molecule has 1 aliphatic carbocycles. The van der Waals surface area contributed by atoms with Gasteiger partial charge in [-0.15, -0.1) is 11.3 Å². The third-order valence-electron chi connectivity index (χ3n) is 4.51. The number of nitrogens with one attached hydrogen (secondary N) is 1. The molecule has 1 saturated carbocycles. The summed E-state index contributed by atoms with van der Waals surface area (Å²) < 4.78 is 0. The first-order valence-corrected chi connectivity index (χ1v) is 8.69. The Morgan fingerprint density at radius 2 is 1.91 bits per heavy atom. The van der Waals surface area contributed by atoms with Crippen molar-refractivity contribution in [3.8, 4) is 0 Å². The van der Waals surface area contributed by atoms with Crippen LogP contribution in [0.4, 0.5) is 0 Å². The summed E-state index contributed by atoms with van der Waals surface area (Å²) in [6, 6.07) is 4.00. The van der Waals surface area contributed by atoms with Crippen LogP contribution in [0.15, 0.2) is 17.5 Å². The molecule has 2 atom stereocenters. The smallest absolute Gasteiger partial charge is 0.240 e. The maximum atomic E-state index is 12.3. The highest BCUT2D eigenvalue weighted by Crippen LogP contribution is 2.37. The molecule has 0 radical (unpaired) electrons. The molecule has 1 saturated heterocycles. The van der Waals surface area contributed by atoms with Crippen molar-refractivity contribution in [2.45, 2.75) is 32.1 Å². The zero-order chi connectivity index (χ0) is 15.5. The molecule has 1 aromatic rings. The van der Waals surface area contributed by atoms with E-state index in [1.165, 1.54) is 9.78 Å². The number of fused-ring (bicyclic) bond motifs is 1. The van der Waals surface area contributed by atoms with Crippen LogP contribution >= 0.6 is 11.3 Å². The van der Waals surface area contributed by atoms with Gasteiger partial charge in [0.05, 0.1) is 11.8 Å². The highest BCUT2D eigenvalue weighted by molar-refractivity contribution is 7.09. The average molecular weight is 320 g/mol. The summed E-state index contributed by atoms with van der Waals surface area (Å²) in [7, 11) is 0. The van der Waals surface area contributed by atoms with E-state index in [0.29, 0.717) is 6.54 Å². The van der Waals surface area contributed by atoms with E-state index >= 15 is 0 Å². The quantitative estimate of drug-likeness (QED) is 0.838. The SMILES string of the molecule is O=C(CN1C(=O)[C@H]2CCCC[C@@H]2C1=O)NCCc1cccs1. The lowest BCUT2D eigenvalue weighted by atomic mass is 9.81. The number of rotatable bonds is 5. The summed E-state index contributed by atoms with van der Waals surface area (Å²) >= 11 is 1.65. The van der Waals surface area contributed by atoms with Gasteiger partial charge in [-0.1, -0.05) is 18.9 Å². The molecule has 5 nitrogen and oxygen atoms in total. The first kappa shape index (κ1) is 15.2. The van der Waals surface area contributed by atoms with Crippen molar-refractivity contribution >= 4 is 29.1 Å². The summed E-state index contributed by atoms with van der Waals surface area (Å²) in [5.41, 5.74) is 0. The van der Waals surface area contributed by atoms with Crippen molar-refractivity contribution in [3.63, 3.8) is 0 Å². The highest BCUT2D eigenvalue weighted by Gasteiger charge is 2.48. The van der Waals surface area contributed by atoms with Crippen LogP contribution in [0.5, 0.6) is 0 Å². The number of thiophene rings is 1. The molecule has 0 bridgehead atoms. The Bertz CT molecular complexity index is 546. The van der Waals surface area contributed by atoms with Crippen LogP contribution in [0.3, 0.4) is 0 Å². The van der Waals surface area contributed by atoms with E-state index in [-0.39, 0.29) is 36.1 Å². The maximum absolute atomic E-state index is 12.3. The molecule has 3 amide bonds. The van der Waals surface area contributed by atoms with Crippen molar-refractivity contribution in [1.29, 1.82) is 0 Å². The van der Waals surface area contributed by atoms with Gasteiger partial charge in [0.15, 0.2) is 0 Å². The van der Waals surface area contributed by atoms with Crippen molar-refractivity contribution in [2.24, 2.45) is 11.8 Å². The molecule has 0 spiro atoms. The van der Waals surface area contributed by atoms with Gasteiger partial charge < -0.3 is 5.32 Å². The van der Waals surface area contributed by atoms with E-state index < -0.39 is 0 Å². The Labute approximate surface area is 133 Å². The molecule has 2 aliphatic rings. The Morgan fingerprint density at radius 3 is 2.50 bits per heavy atom. The van der Waals surface area contributed by atoms with Crippen LogP contribution in [0.1, 0.15) is 30.6 Å². The van der Waals surface area contributed by atoms with Gasteiger partial charge in [0.1, 0.15) is 6.54 Å². The van der Waals surface area contributed by atoms with Crippen molar-refractivity contribution in [2.75, 3.05) is 13.1 Å². The number of carbonyl (C=O) groups excluding carboxylic acids is 3. The summed E-state index contributed by atoms with van der Waals surface area (Å²) in [4.78, 5) is 38.9. The van der Waals surface area contributed by atoms with Gasteiger partial charge in [-0.3, -0.25) is 19.3 Å². The lowest BCUT2D eigenvalue weighted by Gasteiger charge is -2.19. The largest absolute Gasteiger partial charge is 0.354 e. The Hall–Kier alpha value is -1.69. The number of likely N-dealkylation sites (tertiary alicyclic amines) is 1. The van der Waals surface area contributed by atoms with Crippen LogP contribution < -0.4 is 5.32 Å². The fraction of sp³-hybridized carbons (Fsp3) is 0.562. The van der Waals surface area contributed by atoms with E-state index in [0.717, 1.165) is 32.1 Å². The molecule has 118 valence electrons. The van der Waals surface area contributed by atoms with E-state index in [4.69, 9.17) is 0 Å². The van der Waals surface area contributed by atoms with E-state index in [1.807, 2.05) is 17.5 Å². The van der Waals surface area contributed by atoms with E-state index in [2.05, 4.69) is 5.32 Å². The Balaban J connectivity index is 1.50. The van der Waals surface area contributed by atoms with Crippen LogP contribution in [0.2, 0.25) is 0 Å². The van der Waals surface area contributed by atoms with Crippen LogP contribution in [-0.2, 0) is 20.8 Å². The minimum atomic E-state index is -0.253. The topological polar surface area (TPSA) is 66.5 Å². The first-order valence-electron chi connectivity index (χ1n) is 7.81. The van der Waals surface area contributed by atoms with Gasteiger partial charge in [0.2, 0.25) is 17.7 Å². The molecular weight excluding hydrogens is 300 g/mol. The van der Waals surface area contributed by atoms with Crippen molar-refractivity contribution < 1.29 is 14.4 Å². The van der Waals surface area contributed by atoms with Crippen molar-refractivity contribution in [1.82, 2.24) is 10.2 Å². The lowest BCUT2D eigenvalue weighted by Crippen LogP contribution is -2.41. The third-order valence-corrected chi connectivity index (χ3v) is 5.44. The summed E-state index contributed by atoms with van der Waals surface area (Å²) in [5.74, 6) is -0.913. The zero-order valence-electron chi connectivity index (χ0n) is 12.4. The van der Waals surface area contributed by atoms with Crippen LogP contribution in [0.25, 0.3) is 0 Å². The van der Waals surface area contributed by atoms with Gasteiger partial charge in [-0.25, -0.2) is 0 Å². The molecule has 1 aliphatic heterocycles. The normalized spacial score (nSPS) is 24.5. The fourth-order valence-electron chi connectivity index (χ4n) is 3.37. The first-order chi connectivity index (χ1) is 10.7. The highest BCUT2D eigenvalue weighted by atomic mass is 32.1. The van der Waals surface area contributed by atoms with Crippen LogP contribution in [-0.4, -0.2) is 35.7 Å². The number of carbonyl (C=O) groups is 3. The minimum Gasteiger partial charge on any atom is -0.354 e. The average Bonchev–Trinajstić information content (AvgIpc) is 3.11. The summed E-state index contributed by atoms with van der Waals surface area (Å²) in [6.07, 6.45) is 4.34. The standard InChI is InChI=1S/C16H20N2O3S/c19-14(17-8-7-11-4-3-9-22-11)10-18-15(20)12-5-1-2-6-13(12)16(18)21/h3-4,9,12-13H,1-2,5-8,10H2,(H,17,19)/t12-,13-/m0/s1. The molecule has 2 heterocycles. The minimum absolute atomic E-state index is 0.130. The molecule has 0 aromatic carbocycles.